The predicted molar refractivity (Wildman–Crippen MR) is 126 cm³/mol. The highest BCUT2D eigenvalue weighted by atomic mass is 35.5. The topological polar surface area (TPSA) is 52.2 Å². The van der Waals surface area contributed by atoms with E-state index in [4.69, 9.17) is 11.6 Å². The van der Waals surface area contributed by atoms with Gasteiger partial charge in [0.25, 0.3) is 5.56 Å². The van der Waals surface area contributed by atoms with Gasteiger partial charge in [0, 0.05) is 10.8 Å². The maximum atomic E-state index is 13.3. The second-order valence-electron chi connectivity index (χ2n) is 7.43. The Balaban J connectivity index is 1.61. The third-order valence-corrected chi connectivity index (χ3v) is 6.47. The number of hydrogen-bond donors (Lipinski definition) is 0. The first-order chi connectivity index (χ1) is 15.1. The normalized spacial score (nSPS) is 11.4. The molecule has 0 atom stereocenters. The number of thioether (sulfide) groups is 1. The van der Waals surface area contributed by atoms with Gasteiger partial charge in [-0.3, -0.25) is 13.8 Å². The first-order valence-electron chi connectivity index (χ1n) is 9.89. The number of fused-ring (bicyclic) bond motifs is 3. The molecule has 0 aliphatic carbocycles. The van der Waals surface area contributed by atoms with Gasteiger partial charge in [0.1, 0.15) is 0 Å². The Morgan fingerprint density at radius 3 is 2.39 bits per heavy atom. The number of aromatic nitrogens is 4. The van der Waals surface area contributed by atoms with Gasteiger partial charge < -0.3 is 0 Å². The Morgan fingerprint density at radius 1 is 0.903 bits per heavy atom. The van der Waals surface area contributed by atoms with Gasteiger partial charge in [-0.15, -0.1) is 10.2 Å². The van der Waals surface area contributed by atoms with Crippen molar-refractivity contribution >= 4 is 40.0 Å². The summed E-state index contributed by atoms with van der Waals surface area (Å²) in [4.78, 5) is 13.3. The van der Waals surface area contributed by atoms with Gasteiger partial charge in [0.05, 0.1) is 17.4 Å². The SMILES string of the molecule is Cc1ccc(Cn2c(=O)c3ccccc3n3c(SCc4ccc(Cl)cc4)nnc23)cc1. The van der Waals surface area contributed by atoms with Gasteiger partial charge in [-0.2, -0.15) is 0 Å². The monoisotopic (exact) mass is 446 g/mol. The lowest BCUT2D eigenvalue weighted by Gasteiger charge is -2.11. The molecule has 3 aromatic carbocycles. The van der Waals surface area contributed by atoms with Crippen LogP contribution < -0.4 is 5.56 Å². The van der Waals surface area contributed by atoms with Crippen molar-refractivity contribution < 1.29 is 0 Å². The number of nitrogens with zero attached hydrogens (tertiary/aromatic N) is 4. The molecule has 7 heteroatoms. The molecule has 154 valence electrons. The van der Waals surface area contributed by atoms with Crippen molar-refractivity contribution in [2.75, 3.05) is 0 Å². The van der Waals surface area contributed by atoms with Crippen LogP contribution in [0.1, 0.15) is 16.7 Å². The maximum Gasteiger partial charge on any atom is 0.263 e. The van der Waals surface area contributed by atoms with Crippen molar-refractivity contribution in [3.05, 3.63) is 105 Å². The summed E-state index contributed by atoms with van der Waals surface area (Å²) in [5, 5.41) is 10.9. The van der Waals surface area contributed by atoms with Gasteiger partial charge >= 0.3 is 0 Å². The van der Waals surface area contributed by atoms with Crippen LogP contribution >= 0.6 is 23.4 Å². The summed E-state index contributed by atoms with van der Waals surface area (Å²) in [5.41, 5.74) is 4.12. The molecule has 0 bridgehead atoms. The van der Waals surface area contributed by atoms with Crippen molar-refractivity contribution in [1.29, 1.82) is 0 Å². The van der Waals surface area contributed by atoms with Crippen molar-refractivity contribution in [2.45, 2.75) is 24.4 Å². The Labute approximate surface area is 188 Å². The summed E-state index contributed by atoms with van der Waals surface area (Å²) in [5.74, 6) is 1.27. The number of benzene rings is 3. The van der Waals surface area contributed by atoms with E-state index >= 15 is 0 Å². The quantitative estimate of drug-likeness (QED) is 0.342. The fourth-order valence-corrected chi connectivity index (χ4v) is 4.60. The minimum Gasteiger partial charge on any atom is -0.272 e. The van der Waals surface area contributed by atoms with Gasteiger partial charge in [-0.05, 0) is 42.3 Å². The molecule has 5 rings (SSSR count). The minimum atomic E-state index is -0.0645. The highest BCUT2D eigenvalue weighted by molar-refractivity contribution is 7.98. The van der Waals surface area contributed by atoms with Crippen LogP contribution in [0.2, 0.25) is 5.02 Å². The zero-order valence-corrected chi connectivity index (χ0v) is 18.4. The lowest BCUT2D eigenvalue weighted by molar-refractivity contribution is 0.763. The third kappa shape index (κ3) is 3.84. The Morgan fingerprint density at radius 2 is 1.61 bits per heavy atom. The fourth-order valence-electron chi connectivity index (χ4n) is 3.57. The van der Waals surface area contributed by atoms with Crippen LogP contribution in [0.25, 0.3) is 16.7 Å². The molecule has 0 N–H and O–H groups in total. The number of halogens is 1. The number of hydrogen-bond acceptors (Lipinski definition) is 4. The van der Waals surface area contributed by atoms with Gasteiger partial charge in [0.15, 0.2) is 5.16 Å². The van der Waals surface area contributed by atoms with Crippen LogP contribution in [-0.4, -0.2) is 19.2 Å². The van der Waals surface area contributed by atoms with Crippen LogP contribution in [-0.2, 0) is 12.3 Å². The molecular weight excluding hydrogens is 428 g/mol. The van der Waals surface area contributed by atoms with Crippen molar-refractivity contribution in [1.82, 2.24) is 19.2 Å². The van der Waals surface area contributed by atoms with E-state index in [0.29, 0.717) is 22.7 Å². The van der Waals surface area contributed by atoms with Crippen LogP contribution in [0.3, 0.4) is 0 Å². The lowest BCUT2D eigenvalue weighted by atomic mass is 10.1. The number of aryl methyl sites for hydroxylation is 1. The Kier molecular flexibility index (Phi) is 5.26. The van der Waals surface area contributed by atoms with E-state index < -0.39 is 0 Å². The first kappa shape index (κ1) is 19.8. The molecule has 0 amide bonds. The second kappa shape index (κ2) is 8.21. The van der Waals surface area contributed by atoms with Crippen LogP contribution in [0.5, 0.6) is 0 Å². The molecule has 31 heavy (non-hydrogen) atoms. The largest absolute Gasteiger partial charge is 0.272 e. The van der Waals surface area contributed by atoms with Crippen LogP contribution in [0, 0.1) is 6.92 Å². The fraction of sp³-hybridized carbons (Fsp3) is 0.125. The molecule has 5 nitrogen and oxygen atoms in total. The van der Waals surface area contributed by atoms with E-state index in [1.807, 2.05) is 72.0 Å². The van der Waals surface area contributed by atoms with Gasteiger partial charge in [0.2, 0.25) is 5.78 Å². The predicted octanol–water partition coefficient (Wildman–Crippen LogP) is 5.35. The molecule has 0 unspecified atom stereocenters. The summed E-state index contributed by atoms with van der Waals surface area (Å²) < 4.78 is 3.68. The van der Waals surface area contributed by atoms with Gasteiger partial charge in [-0.25, -0.2) is 0 Å². The summed E-state index contributed by atoms with van der Waals surface area (Å²) in [6.07, 6.45) is 0. The second-order valence-corrected chi connectivity index (χ2v) is 8.81. The Bertz CT molecular complexity index is 1440. The molecule has 0 saturated carbocycles. The highest BCUT2D eigenvalue weighted by Gasteiger charge is 2.17. The number of para-hydroxylation sites is 1. The molecule has 0 spiro atoms. The van der Waals surface area contributed by atoms with Crippen LogP contribution in [0.4, 0.5) is 0 Å². The van der Waals surface area contributed by atoms with E-state index in [2.05, 4.69) is 22.3 Å². The standard InChI is InChI=1S/C24H19ClN4OS/c1-16-6-8-17(9-7-16)14-28-22(30)20-4-2-3-5-21(20)29-23(28)26-27-24(29)31-15-18-10-12-19(25)13-11-18/h2-13H,14-15H2,1H3. The lowest BCUT2D eigenvalue weighted by Crippen LogP contribution is -2.24. The van der Waals surface area contributed by atoms with Crippen molar-refractivity contribution in [2.24, 2.45) is 0 Å². The smallest absolute Gasteiger partial charge is 0.263 e. The molecule has 2 aromatic heterocycles. The summed E-state index contributed by atoms with van der Waals surface area (Å²) >= 11 is 7.58. The highest BCUT2D eigenvalue weighted by Crippen LogP contribution is 2.25. The van der Waals surface area contributed by atoms with Crippen molar-refractivity contribution in [3.8, 4) is 0 Å². The third-order valence-electron chi connectivity index (χ3n) is 5.22. The molecule has 2 heterocycles. The molecule has 0 aliphatic rings. The number of rotatable bonds is 5. The molecule has 0 aliphatic heterocycles. The average molecular weight is 447 g/mol. The van der Waals surface area contributed by atoms with E-state index in [9.17, 15) is 4.79 Å². The van der Waals surface area contributed by atoms with E-state index in [-0.39, 0.29) is 5.56 Å². The first-order valence-corrected chi connectivity index (χ1v) is 11.3. The summed E-state index contributed by atoms with van der Waals surface area (Å²) in [6.45, 7) is 2.49. The van der Waals surface area contributed by atoms with E-state index in [1.54, 1.807) is 16.3 Å². The zero-order chi connectivity index (χ0) is 21.4. The minimum absolute atomic E-state index is 0.0645. The zero-order valence-electron chi connectivity index (χ0n) is 16.8. The van der Waals surface area contributed by atoms with Crippen molar-refractivity contribution in [3.63, 3.8) is 0 Å². The van der Waals surface area contributed by atoms with E-state index in [0.717, 1.165) is 27.6 Å². The molecule has 0 radical (unpaired) electrons. The summed E-state index contributed by atoms with van der Waals surface area (Å²) in [6, 6.07) is 23.6. The van der Waals surface area contributed by atoms with E-state index in [1.165, 1.54) is 5.56 Å². The molecule has 5 aromatic rings. The Hall–Kier alpha value is -3.09. The molecule has 0 fully saturated rings. The van der Waals surface area contributed by atoms with Gasteiger partial charge in [-0.1, -0.05) is 77.5 Å². The average Bonchev–Trinajstić information content (AvgIpc) is 3.21. The summed E-state index contributed by atoms with van der Waals surface area (Å²) in [7, 11) is 0. The molecule has 0 saturated heterocycles. The molecular formula is C24H19ClN4OS. The van der Waals surface area contributed by atoms with Crippen LogP contribution in [0.15, 0.2) is 82.7 Å². The maximum absolute atomic E-state index is 13.3.